The minimum Gasteiger partial charge on any atom is -0.492 e. The fourth-order valence-corrected chi connectivity index (χ4v) is 1.92. The van der Waals surface area contributed by atoms with Gasteiger partial charge in [-0.3, -0.25) is 4.98 Å². The molecule has 0 spiro atoms. The van der Waals surface area contributed by atoms with E-state index in [-0.39, 0.29) is 0 Å². The average molecular weight is 248 g/mol. The van der Waals surface area contributed by atoms with E-state index in [2.05, 4.69) is 24.1 Å². The van der Waals surface area contributed by atoms with Gasteiger partial charge in [-0.1, -0.05) is 26.7 Å². The number of ether oxygens (including phenoxy) is 1. The number of hydrogen-bond donors (Lipinski definition) is 1. The number of nitrogens with one attached hydrogen (secondary N) is 1. The Morgan fingerprint density at radius 2 is 2.28 bits per heavy atom. The highest BCUT2D eigenvalue weighted by Crippen LogP contribution is 2.32. The number of hydrogen-bond acceptors (Lipinski definition) is 3. The summed E-state index contributed by atoms with van der Waals surface area (Å²) in [6.45, 7) is 7.15. The average Bonchev–Trinajstić information content (AvgIpc) is 3.15. The van der Waals surface area contributed by atoms with Crippen molar-refractivity contribution in [3.8, 4) is 5.75 Å². The van der Waals surface area contributed by atoms with Crippen LogP contribution in [0.15, 0.2) is 18.5 Å². The normalized spacial score (nSPS) is 15.1. The van der Waals surface area contributed by atoms with Gasteiger partial charge in [-0.25, -0.2) is 0 Å². The molecule has 2 rings (SSSR count). The molecule has 3 nitrogen and oxygen atoms in total. The summed E-state index contributed by atoms with van der Waals surface area (Å²) in [6, 6.07) is 2.04. The van der Waals surface area contributed by atoms with Crippen molar-refractivity contribution in [3.63, 3.8) is 0 Å². The van der Waals surface area contributed by atoms with Gasteiger partial charge in [0.05, 0.1) is 12.8 Å². The van der Waals surface area contributed by atoms with Gasteiger partial charge in [0.2, 0.25) is 0 Å². The van der Waals surface area contributed by atoms with E-state index >= 15 is 0 Å². The zero-order chi connectivity index (χ0) is 12.8. The van der Waals surface area contributed by atoms with Crippen molar-refractivity contribution in [1.29, 1.82) is 0 Å². The molecule has 1 aliphatic rings. The molecule has 0 unspecified atom stereocenters. The quantitative estimate of drug-likeness (QED) is 0.768. The summed E-state index contributed by atoms with van der Waals surface area (Å²) in [5.74, 6) is 2.53. The molecule has 1 N–H and O–H groups in total. The highest BCUT2D eigenvalue weighted by molar-refractivity contribution is 5.29. The lowest BCUT2D eigenvalue weighted by atomic mass is 10.2. The van der Waals surface area contributed by atoms with Crippen molar-refractivity contribution in [1.82, 2.24) is 10.3 Å². The first-order valence-corrected chi connectivity index (χ1v) is 7.02. The lowest BCUT2D eigenvalue weighted by Gasteiger charge is -2.12. The lowest BCUT2D eigenvalue weighted by molar-refractivity contribution is 0.297. The van der Waals surface area contributed by atoms with Crippen LogP contribution in [0.3, 0.4) is 0 Å². The molecular formula is C15H24N2O. The SMILES string of the molecule is CC(C)CNCc1ccncc1OCCC1CC1. The first-order valence-electron chi connectivity index (χ1n) is 7.02. The molecule has 0 saturated heterocycles. The van der Waals surface area contributed by atoms with Crippen LogP contribution in [0.1, 0.15) is 38.7 Å². The molecule has 1 saturated carbocycles. The van der Waals surface area contributed by atoms with Crippen molar-refractivity contribution in [2.24, 2.45) is 11.8 Å². The molecule has 3 heteroatoms. The van der Waals surface area contributed by atoms with Crippen molar-refractivity contribution < 1.29 is 4.74 Å². The summed E-state index contributed by atoms with van der Waals surface area (Å²) in [7, 11) is 0. The van der Waals surface area contributed by atoms with Crippen LogP contribution < -0.4 is 10.1 Å². The van der Waals surface area contributed by atoms with Crippen LogP contribution in [0.4, 0.5) is 0 Å². The maximum Gasteiger partial charge on any atom is 0.142 e. The van der Waals surface area contributed by atoms with E-state index < -0.39 is 0 Å². The minimum absolute atomic E-state index is 0.672. The Morgan fingerprint density at radius 3 is 3.00 bits per heavy atom. The number of nitrogens with zero attached hydrogens (tertiary/aromatic N) is 1. The van der Waals surface area contributed by atoms with Gasteiger partial charge in [-0.2, -0.15) is 0 Å². The van der Waals surface area contributed by atoms with E-state index in [1.165, 1.54) is 24.8 Å². The second-order valence-electron chi connectivity index (χ2n) is 5.59. The fourth-order valence-electron chi connectivity index (χ4n) is 1.92. The second kappa shape index (κ2) is 6.74. The van der Waals surface area contributed by atoms with Crippen molar-refractivity contribution in [2.45, 2.75) is 39.7 Å². The first-order chi connectivity index (χ1) is 8.75. The smallest absolute Gasteiger partial charge is 0.142 e. The Morgan fingerprint density at radius 1 is 1.44 bits per heavy atom. The Labute approximate surface area is 110 Å². The Balaban J connectivity index is 1.79. The first kappa shape index (κ1) is 13.3. The van der Waals surface area contributed by atoms with Gasteiger partial charge in [0.15, 0.2) is 0 Å². The molecule has 1 heterocycles. The van der Waals surface area contributed by atoms with Crippen LogP contribution in [0.2, 0.25) is 0 Å². The van der Waals surface area contributed by atoms with E-state index in [4.69, 9.17) is 4.74 Å². The van der Waals surface area contributed by atoms with Crippen LogP contribution in [0.25, 0.3) is 0 Å². The summed E-state index contributed by atoms with van der Waals surface area (Å²) < 4.78 is 5.84. The molecule has 100 valence electrons. The van der Waals surface area contributed by atoms with E-state index in [0.717, 1.165) is 31.4 Å². The van der Waals surface area contributed by atoms with Crippen LogP contribution in [-0.2, 0) is 6.54 Å². The van der Waals surface area contributed by atoms with Crippen molar-refractivity contribution >= 4 is 0 Å². The summed E-state index contributed by atoms with van der Waals surface area (Å²) in [6.07, 6.45) is 7.63. The fraction of sp³-hybridized carbons (Fsp3) is 0.667. The molecule has 0 aliphatic heterocycles. The second-order valence-corrected chi connectivity index (χ2v) is 5.59. The molecule has 0 atom stereocenters. The standard InChI is InChI=1S/C15H24N2O/c1-12(2)9-17-10-14-5-7-16-11-15(14)18-8-6-13-3-4-13/h5,7,11-13,17H,3-4,6,8-10H2,1-2H3. The van der Waals surface area contributed by atoms with Gasteiger partial charge < -0.3 is 10.1 Å². The number of rotatable bonds is 8. The number of aromatic nitrogens is 1. The molecule has 0 bridgehead atoms. The van der Waals surface area contributed by atoms with Crippen LogP contribution >= 0.6 is 0 Å². The largest absolute Gasteiger partial charge is 0.492 e. The summed E-state index contributed by atoms with van der Waals surface area (Å²) in [5, 5.41) is 3.45. The molecular weight excluding hydrogens is 224 g/mol. The van der Waals surface area contributed by atoms with E-state index in [0.29, 0.717) is 5.92 Å². The molecule has 1 fully saturated rings. The number of pyridine rings is 1. The topological polar surface area (TPSA) is 34.2 Å². The lowest BCUT2D eigenvalue weighted by Crippen LogP contribution is -2.19. The highest BCUT2D eigenvalue weighted by atomic mass is 16.5. The van der Waals surface area contributed by atoms with Crippen LogP contribution in [0.5, 0.6) is 5.75 Å². The van der Waals surface area contributed by atoms with Crippen molar-refractivity contribution in [2.75, 3.05) is 13.2 Å². The molecule has 0 radical (unpaired) electrons. The Bertz CT molecular complexity index is 334. The van der Waals surface area contributed by atoms with E-state index in [1.54, 1.807) is 0 Å². The molecule has 0 amide bonds. The third-order valence-corrected chi connectivity index (χ3v) is 3.22. The van der Waals surface area contributed by atoms with Gasteiger partial charge in [0.25, 0.3) is 0 Å². The third-order valence-electron chi connectivity index (χ3n) is 3.22. The van der Waals surface area contributed by atoms with Gasteiger partial charge in [-0.05, 0) is 30.9 Å². The summed E-state index contributed by atoms with van der Waals surface area (Å²) in [4.78, 5) is 4.15. The molecule has 0 aromatic carbocycles. The molecule has 1 aromatic rings. The zero-order valence-electron chi connectivity index (χ0n) is 11.5. The van der Waals surface area contributed by atoms with Gasteiger partial charge in [0.1, 0.15) is 5.75 Å². The zero-order valence-corrected chi connectivity index (χ0v) is 11.5. The van der Waals surface area contributed by atoms with E-state index in [1.807, 2.05) is 18.5 Å². The molecule has 18 heavy (non-hydrogen) atoms. The highest BCUT2D eigenvalue weighted by Gasteiger charge is 2.20. The van der Waals surface area contributed by atoms with Crippen LogP contribution in [-0.4, -0.2) is 18.1 Å². The predicted octanol–water partition coefficient (Wildman–Crippen LogP) is 3.01. The van der Waals surface area contributed by atoms with Gasteiger partial charge >= 0.3 is 0 Å². The van der Waals surface area contributed by atoms with Crippen molar-refractivity contribution in [3.05, 3.63) is 24.0 Å². The molecule has 1 aromatic heterocycles. The summed E-state index contributed by atoms with van der Waals surface area (Å²) >= 11 is 0. The maximum absolute atomic E-state index is 5.84. The predicted molar refractivity (Wildman–Crippen MR) is 73.6 cm³/mol. The third kappa shape index (κ3) is 4.65. The maximum atomic E-state index is 5.84. The Kier molecular flexibility index (Phi) is 5.00. The van der Waals surface area contributed by atoms with Gasteiger partial charge in [-0.15, -0.1) is 0 Å². The minimum atomic E-state index is 0.672. The monoisotopic (exact) mass is 248 g/mol. The Hall–Kier alpha value is -1.09. The van der Waals surface area contributed by atoms with Crippen LogP contribution in [0, 0.1) is 11.8 Å². The summed E-state index contributed by atoms with van der Waals surface area (Å²) in [5.41, 5.74) is 1.21. The van der Waals surface area contributed by atoms with Gasteiger partial charge in [0, 0.05) is 18.3 Å². The van der Waals surface area contributed by atoms with E-state index in [9.17, 15) is 0 Å². The molecule has 1 aliphatic carbocycles.